The molecule has 0 saturated heterocycles. The molecule has 0 aliphatic carbocycles. The number of phenolic OH excluding ortho intramolecular Hbond substituents is 1. The summed E-state index contributed by atoms with van der Waals surface area (Å²) < 4.78 is 5.19. The third-order valence-corrected chi connectivity index (χ3v) is 2.40. The van der Waals surface area contributed by atoms with Crippen LogP contribution in [0.1, 0.15) is 21.9 Å². The molecule has 0 aliphatic heterocycles. The predicted molar refractivity (Wildman–Crippen MR) is 62.7 cm³/mol. The molecule has 17 heavy (non-hydrogen) atoms. The number of hydrogen-bond acceptors (Lipinski definition) is 3. The van der Waals surface area contributed by atoms with Gasteiger partial charge in [-0.3, -0.25) is 4.79 Å². The monoisotopic (exact) mass is 231 g/mol. The highest BCUT2D eigenvalue weighted by Gasteiger charge is 2.09. The number of furan rings is 1. The molecule has 0 spiro atoms. The molecule has 1 aromatic carbocycles. The molecule has 2 aromatic rings. The topological polar surface area (TPSA) is 62.5 Å². The van der Waals surface area contributed by atoms with E-state index >= 15 is 0 Å². The number of phenols is 1. The molecule has 2 N–H and O–H groups in total. The van der Waals surface area contributed by atoms with Crippen molar-refractivity contribution in [1.29, 1.82) is 0 Å². The van der Waals surface area contributed by atoms with Gasteiger partial charge in [-0.2, -0.15) is 0 Å². The molecule has 2 rings (SSSR count). The summed E-state index contributed by atoms with van der Waals surface area (Å²) in [6.07, 6.45) is 0. The van der Waals surface area contributed by atoms with Gasteiger partial charge in [0.15, 0.2) is 5.76 Å². The van der Waals surface area contributed by atoms with Gasteiger partial charge in [0.05, 0.1) is 0 Å². The molecular weight excluding hydrogens is 218 g/mol. The third kappa shape index (κ3) is 2.66. The van der Waals surface area contributed by atoms with Crippen molar-refractivity contribution in [3.05, 3.63) is 53.5 Å². The van der Waals surface area contributed by atoms with E-state index in [-0.39, 0.29) is 24.0 Å². The number of amides is 1. The van der Waals surface area contributed by atoms with E-state index in [9.17, 15) is 9.90 Å². The van der Waals surface area contributed by atoms with Gasteiger partial charge in [0.25, 0.3) is 5.91 Å². The highest BCUT2D eigenvalue weighted by atomic mass is 16.3. The molecule has 1 heterocycles. The maximum atomic E-state index is 11.7. The predicted octanol–water partition coefficient (Wildman–Crippen LogP) is 2.22. The standard InChI is InChI=1S/C13H13NO3/c1-9-6-7-12(17-9)13(16)14-8-10-4-2-3-5-11(10)15/h2-7,15H,8H2,1H3,(H,14,16). The van der Waals surface area contributed by atoms with Gasteiger partial charge in [-0.25, -0.2) is 0 Å². The SMILES string of the molecule is Cc1ccc(C(=O)NCc2ccccc2O)o1. The van der Waals surface area contributed by atoms with E-state index < -0.39 is 0 Å². The summed E-state index contributed by atoms with van der Waals surface area (Å²) in [6, 6.07) is 10.2. The maximum absolute atomic E-state index is 11.7. The maximum Gasteiger partial charge on any atom is 0.287 e. The van der Waals surface area contributed by atoms with Crippen LogP contribution in [-0.4, -0.2) is 11.0 Å². The Morgan fingerprint density at radius 3 is 2.71 bits per heavy atom. The van der Waals surface area contributed by atoms with Gasteiger partial charge in [-0.15, -0.1) is 0 Å². The molecule has 0 radical (unpaired) electrons. The first kappa shape index (κ1) is 11.3. The average Bonchev–Trinajstić information content (AvgIpc) is 2.74. The molecule has 0 saturated carbocycles. The van der Waals surface area contributed by atoms with Crippen molar-refractivity contribution >= 4 is 5.91 Å². The van der Waals surface area contributed by atoms with Crippen molar-refractivity contribution in [3.63, 3.8) is 0 Å². The zero-order valence-corrected chi connectivity index (χ0v) is 9.43. The van der Waals surface area contributed by atoms with Gasteiger partial charge in [0.1, 0.15) is 11.5 Å². The molecule has 4 nitrogen and oxygen atoms in total. The summed E-state index contributed by atoms with van der Waals surface area (Å²) in [7, 11) is 0. The third-order valence-electron chi connectivity index (χ3n) is 2.40. The van der Waals surface area contributed by atoms with Gasteiger partial charge in [0, 0.05) is 12.1 Å². The summed E-state index contributed by atoms with van der Waals surface area (Å²) in [6.45, 7) is 2.05. The van der Waals surface area contributed by atoms with Crippen molar-refractivity contribution < 1.29 is 14.3 Å². The number of para-hydroxylation sites is 1. The van der Waals surface area contributed by atoms with E-state index in [1.807, 2.05) is 0 Å². The lowest BCUT2D eigenvalue weighted by Gasteiger charge is -2.05. The second-order valence-corrected chi connectivity index (χ2v) is 3.72. The first-order valence-corrected chi connectivity index (χ1v) is 5.28. The molecule has 0 bridgehead atoms. The molecule has 88 valence electrons. The van der Waals surface area contributed by atoms with Gasteiger partial charge in [-0.1, -0.05) is 18.2 Å². The van der Waals surface area contributed by atoms with Crippen LogP contribution in [0.25, 0.3) is 0 Å². The lowest BCUT2D eigenvalue weighted by atomic mass is 10.2. The summed E-state index contributed by atoms with van der Waals surface area (Å²) >= 11 is 0. The minimum Gasteiger partial charge on any atom is -0.508 e. The minimum atomic E-state index is -0.290. The van der Waals surface area contributed by atoms with E-state index in [1.165, 1.54) is 0 Å². The second-order valence-electron chi connectivity index (χ2n) is 3.72. The van der Waals surface area contributed by atoms with Crippen molar-refractivity contribution in [2.45, 2.75) is 13.5 Å². The summed E-state index contributed by atoms with van der Waals surface area (Å²) in [5, 5.41) is 12.2. The lowest BCUT2D eigenvalue weighted by molar-refractivity contribution is 0.0921. The molecule has 4 heteroatoms. The quantitative estimate of drug-likeness (QED) is 0.851. The van der Waals surface area contributed by atoms with Gasteiger partial charge in [0.2, 0.25) is 0 Å². The van der Waals surface area contributed by atoms with Crippen LogP contribution in [0.3, 0.4) is 0 Å². The number of aryl methyl sites for hydroxylation is 1. The number of carbonyl (C=O) groups excluding carboxylic acids is 1. The van der Waals surface area contributed by atoms with Crippen LogP contribution in [0.4, 0.5) is 0 Å². The van der Waals surface area contributed by atoms with Gasteiger partial charge >= 0.3 is 0 Å². The van der Waals surface area contributed by atoms with Gasteiger partial charge < -0.3 is 14.8 Å². The minimum absolute atomic E-state index is 0.170. The van der Waals surface area contributed by atoms with Crippen LogP contribution in [-0.2, 0) is 6.54 Å². The Morgan fingerprint density at radius 2 is 2.06 bits per heavy atom. The molecule has 0 aliphatic rings. The van der Waals surface area contributed by atoms with Crippen LogP contribution in [0, 0.1) is 6.92 Å². The summed E-state index contributed by atoms with van der Waals surface area (Å²) in [4.78, 5) is 11.7. The molecule has 1 aromatic heterocycles. The fourth-order valence-electron chi connectivity index (χ4n) is 1.48. The zero-order valence-electron chi connectivity index (χ0n) is 9.43. The fourth-order valence-corrected chi connectivity index (χ4v) is 1.48. The Bertz CT molecular complexity index is 531. The number of benzene rings is 1. The number of hydrogen-bond donors (Lipinski definition) is 2. The largest absolute Gasteiger partial charge is 0.508 e. The van der Waals surface area contributed by atoms with Crippen LogP contribution in [0.2, 0.25) is 0 Å². The van der Waals surface area contributed by atoms with E-state index in [0.717, 1.165) is 0 Å². The van der Waals surface area contributed by atoms with Crippen molar-refractivity contribution in [3.8, 4) is 5.75 Å². The number of nitrogens with one attached hydrogen (secondary N) is 1. The zero-order chi connectivity index (χ0) is 12.3. The highest BCUT2D eigenvalue weighted by molar-refractivity contribution is 5.91. The number of carbonyl (C=O) groups is 1. The first-order chi connectivity index (χ1) is 8.16. The van der Waals surface area contributed by atoms with E-state index in [0.29, 0.717) is 11.3 Å². The van der Waals surface area contributed by atoms with Crippen molar-refractivity contribution in [2.24, 2.45) is 0 Å². The van der Waals surface area contributed by atoms with Crippen molar-refractivity contribution in [1.82, 2.24) is 5.32 Å². The van der Waals surface area contributed by atoms with Crippen LogP contribution >= 0.6 is 0 Å². The van der Waals surface area contributed by atoms with Crippen molar-refractivity contribution in [2.75, 3.05) is 0 Å². The number of rotatable bonds is 3. The molecular formula is C13H13NO3. The normalized spacial score (nSPS) is 10.2. The van der Waals surface area contributed by atoms with Gasteiger partial charge in [-0.05, 0) is 25.1 Å². The first-order valence-electron chi connectivity index (χ1n) is 5.28. The lowest BCUT2D eigenvalue weighted by Crippen LogP contribution is -2.22. The molecule has 0 atom stereocenters. The Hall–Kier alpha value is -2.23. The molecule has 1 amide bonds. The van der Waals surface area contributed by atoms with E-state index in [2.05, 4.69) is 5.32 Å². The average molecular weight is 231 g/mol. The summed E-state index contributed by atoms with van der Waals surface area (Å²) in [5.74, 6) is 0.848. The molecule has 0 unspecified atom stereocenters. The summed E-state index contributed by atoms with van der Waals surface area (Å²) in [5.41, 5.74) is 0.670. The van der Waals surface area contributed by atoms with Crippen LogP contribution in [0.5, 0.6) is 5.75 Å². The Balaban J connectivity index is 1.99. The number of aromatic hydroxyl groups is 1. The fraction of sp³-hybridized carbons (Fsp3) is 0.154. The Morgan fingerprint density at radius 1 is 1.29 bits per heavy atom. The van der Waals surface area contributed by atoms with E-state index in [1.54, 1.807) is 43.3 Å². The second kappa shape index (κ2) is 4.74. The van der Waals surface area contributed by atoms with E-state index in [4.69, 9.17) is 4.42 Å². The molecule has 0 fully saturated rings. The Labute approximate surface area is 98.9 Å². The Kier molecular flexibility index (Phi) is 3.14. The van der Waals surface area contributed by atoms with Crippen LogP contribution < -0.4 is 5.32 Å². The highest BCUT2D eigenvalue weighted by Crippen LogP contribution is 2.15. The smallest absolute Gasteiger partial charge is 0.287 e. The van der Waals surface area contributed by atoms with Crippen LogP contribution in [0.15, 0.2) is 40.8 Å².